The molecule has 2 amide bonds. The summed E-state index contributed by atoms with van der Waals surface area (Å²) < 4.78 is 0. The number of carbonyl (C=O) groups excluding carboxylic acids is 2. The summed E-state index contributed by atoms with van der Waals surface area (Å²) in [7, 11) is 0. The lowest BCUT2D eigenvalue weighted by molar-refractivity contribution is -0.120. The fourth-order valence-corrected chi connectivity index (χ4v) is 1.83. The molecule has 0 radical (unpaired) electrons. The summed E-state index contributed by atoms with van der Waals surface area (Å²) in [4.78, 5) is 25.6. The number of benzene rings is 1. The molecule has 0 fully saturated rings. The van der Waals surface area contributed by atoms with E-state index in [9.17, 15) is 9.59 Å². The second-order valence-corrected chi connectivity index (χ2v) is 4.55. The molecular weight excluding hydrogens is 254 g/mol. The number of aromatic nitrogens is 1. The Morgan fingerprint density at radius 3 is 2.45 bits per heavy atom. The molecule has 0 atom stereocenters. The normalized spacial score (nSPS) is 10.1. The Hall–Kier alpha value is -2.56. The first-order valence-electron chi connectivity index (χ1n) is 6.38. The molecule has 5 nitrogen and oxygen atoms in total. The van der Waals surface area contributed by atoms with Gasteiger partial charge >= 0.3 is 0 Å². The molecule has 3 N–H and O–H groups in total. The van der Waals surface area contributed by atoms with Gasteiger partial charge in [-0.1, -0.05) is 12.1 Å². The van der Waals surface area contributed by atoms with E-state index >= 15 is 0 Å². The van der Waals surface area contributed by atoms with Crippen LogP contribution in [0.1, 0.15) is 18.1 Å². The van der Waals surface area contributed by atoms with Gasteiger partial charge in [0.15, 0.2) is 0 Å². The van der Waals surface area contributed by atoms with Crippen molar-refractivity contribution < 1.29 is 9.59 Å². The standard InChI is InChI=1S/C15H17N3O2/c1-11(19)18-14-4-2-12(3-5-14)8-15(20)17-10-13-6-7-16-9-13/h2-7,9,16H,8,10H2,1H3,(H,17,20)(H,18,19). The van der Waals surface area contributed by atoms with Gasteiger partial charge in [0.2, 0.25) is 11.8 Å². The van der Waals surface area contributed by atoms with Gasteiger partial charge in [-0.3, -0.25) is 9.59 Å². The molecule has 5 heteroatoms. The van der Waals surface area contributed by atoms with Crippen LogP contribution in [0, 0.1) is 0 Å². The van der Waals surface area contributed by atoms with Crippen molar-refractivity contribution in [3.63, 3.8) is 0 Å². The third kappa shape index (κ3) is 4.28. The lowest BCUT2D eigenvalue weighted by Gasteiger charge is -2.06. The summed E-state index contributed by atoms with van der Waals surface area (Å²) in [6.45, 7) is 1.98. The topological polar surface area (TPSA) is 74.0 Å². The summed E-state index contributed by atoms with van der Waals surface area (Å²) in [5.41, 5.74) is 2.68. The van der Waals surface area contributed by atoms with Crippen molar-refractivity contribution in [2.24, 2.45) is 0 Å². The quantitative estimate of drug-likeness (QED) is 0.776. The summed E-state index contributed by atoms with van der Waals surface area (Å²) in [5, 5.41) is 5.54. The molecule has 0 unspecified atom stereocenters. The van der Waals surface area contributed by atoms with E-state index < -0.39 is 0 Å². The first-order chi connectivity index (χ1) is 9.63. The van der Waals surface area contributed by atoms with Crippen LogP contribution in [0.4, 0.5) is 5.69 Å². The van der Waals surface area contributed by atoms with Crippen molar-refractivity contribution in [3.8, 4) is 0 Å². The Labute approximate surface area is 117 Å². The van der Waals surface area contributed by atoms with Crippen molar-refractivity contribution in [2.45, 2.75) is 19.9 Å². The van der Waals surface area contributed by atoms with Crippen LogP contribution in [0.3, 0.4) is 0 Å². The number of anilines is 1. The number of carbonyl (C=O) groups is 2. The van der Waals surface area contributed by atoms with E-state index in [-0.39, 0.29) is 11.8 Å². The van der Waals surface area contributed by atoms with Crippen LogP contribution in [0.2, 0.25) is 0 Å². The van der Waals surface area contributed by atoms with Gasteiger partial charge in [-0.05, 0) is 29.3 Å². The molecule has 2 aromatic rings. The predicted octanol–water partition coefficient (Wildman–Crippen LogP) is 1.83. The summed E-state index contributed by atoms with van der Waals surface area (Å²) in [5.74, 6) is -0.138. The van der Waals surface area contributed by atoms with E-state index in [2.05, 4.69) is 15.6 Å². The SMILES string of the molecule is CC(=O)Nc1ccc(CC(=O)NCc2cc[nH]c2)cc1. The van der Waals surface area contributed by atoms with Gasteiger partial charge in [0.25, 0.3) is 0 Å². The summed E-state index contributed by atoms with van der Waals surface area (Å²) in [6, 6.07) is 9.16. The third-order valence-electron chi connectivity index (χ3n) is 2.79. The van der Waals surface area contributed by atoms with Crippen molar-refractivity contribution in [3.05, 3.63) is 53.9 Å². The zero-order chi connectivity index (χ0) is 14.4. The minimum atomic E-state index is -0.109. The molecule has 20 heavy (non-hydrogen) atoms. The van der Waals surface area contributed by atoms with E-state index in [4.69, 9.17) is 0 Å². The molecule has 1 heterocycles. The fourth-order valence-electron chi connectivity index (χ4n) is 1.83. The molecule has 0 aliphatic heterocycles. The van der Waals surface area contributed by atoms with E-state index in [1.165, 1.54) is 6.92 Å². The first-order valence-corrected chi connectivity index (χ1v) is 6.38. The second kappa shape index (κ2) is 6.56. The van der Waals surface area contributed by atoms with Crippen LogP contribution in [0.25, 0.3) is 0 Å². The van der Waals surface area contributed by atoms with Gasteiger partial charge in [0.1, 0.15) is 0 Å². The van der Waals surface area contributed by atoms with Crippen LogP contribution in [0.15, 0.2) is 42.7 Å². The largest absolute Gasteiger partial charge is 0.367 e. The van der Waals surface area contributed by atoms with Gasteiger partial charge in [-0.25, -0.2) is 0 Å². The Morgan fingerprint density at radius 1 is 1.10 bits per heavy atom. The monoisotopic (exact) mass is 271 g/mol. The fraction of sp³-hybridized carbons (Fsp3) is 0.200. The molecule has 0 saturated carbocycles. The number of rotatable bonds is 5. The zero-order valence-corrected chi connectivity index (χ0v) is 11.3. The van der Waals surface area contributed by atoms with Gasteiger partial charge in [0.05, 0.1) is 6.42 Å². The van der Waals surface area contributed by atoms with Crippen LogP contribution in [-0.2, 0) is 22.6 Å². The summed E-state index contributed by atoms with van der Waals surface area (Å²) in [6.07, 6.45) is 4.00. The molecule has 1 aromatic carbocycles. The van der Waals surface area contributed by atoms with Crippen LogP contribution >= 0.6 is 0 Å². The number of hydrogen-bond acceptors (Lipinski definition) is 2. The van der Waals surface area contributed by atoms with E-state index in [1.807, 2.05) is 30.6 Å². The molecule has 0 bridgehead atoms. The van der Waals surface area contributed by atoms with Crippen LogP contribution in [0.5, 0.6) is 0 Å². The van der Waals surface area contributed by atoms with E-state index in [1.54, 1.807) is 12.1 Å². The Balaban J connectivity index is 1.83. The summed E-state index contributed by atoms with van der Waals surface area (Å²) >= 11 is 0. The van der Waals surface area contributed by atoms with E-state index in [0.29, 0.717) is 13.0 Å². The Bertz CT molecular complexity index is 574. The van der Waals surface area contributed by atoms with Crippen LogP contribution in [-0.4, -0.2) is 16.8 Å². The molecule has 1 aromatic heterocycles. The number of nitrogens with one attached hydrogen (secondary N) is 3. The van der Waals surface area contributed by atoms with Gasteiger partial charge in [-0.15, -0.1) is 0 Å². The molecular formula is C15H17N3O2. The lowest BCUT2D eigenvalue weighted by Crippen LogP contribution is -2.24. The number of H-pyrrole nitrogens is 1. The number of hydrogen-bond donors (Lipinski definition) is 3. The van der Waals surface area contributed by atoms with Crippen molar-refractivity contribution in [1.82, 2.24) is 10.3 Å². The zero-order valence-electron chi connectivity index (χ0n) is 11.3. The maximum absolute atomic E-state index is 11.8. The van der Waals surface area contributed by atoms with Crippen molar-refractivity contribution in [1.29, 1.82) is 0 Å². The lowest BCUT2D eigenvalue weighted by atomic mass is 10.1. The average Bonchev–Trinajstić information content (AvgIpc) is 2.91. The molecule has 0 spiro atoms. The van der Waals surface area contributed by atoms with E-state index in [0.717, 1.165) is 16.8 Å². The minimum Gasteiger partial charge on any atom is -0.367 e. The van der Waals surface area contributed by atoms with Gasteiger partial charge < -0.3 is 15.6 Å². The van der Waals surface area contributed by atoms with Gasteiger partial charge in [-0.2, -0.15) is 0 Å². The van der Waals surface area contributed by atoms with Crippen molar-refractivity contribution >= 4 is 17.5 Å². The Morgan fingerprint density at radius 2 is 1.85 bits per heavy atom. The highest BCUT2D eigenvalue weighted by atomic mass is 16.2. The average molecular weight is 271 g/mol. The predicted molar refractivity (Wildman–Crippen MR) is 77.1 cm³/mol. The molecule has 0 aliphatic carbocycles. The highest BCUT2D eigenvalue weighted by molar-refractivity contribution is 5.88. The highest BCUT2D eigenvalue weighted by Crippen LogP contribution is 2.10. The second-order valence-electron chi connectivity index (χ2n) is 4.55. The minimum absolute atomic E-state index is 0.0292. The maximum atomic E-state index is 11.8. The van der Waals surface area contributed by atoms with Crippen molar-refractivity contribution in [2.75, 3.05) is 5.32 Å². The van der Waals surface area contributed by atoms with Crippen LogP contribution < -0.4 is 10.6 Å². The molecule has 104 valence electrons. The molecule has 2 rings (SSSR count). The first kappa shape index (κ1) is 13.9. The maximum Gasteiger partial charge on any atom is 0.224 e. The Kier molecular flexibility index (Phi) is 4.55. The number of aromatic amines is 1. The molecule has 0 aliphatic rings. The molecule has 0 saturated heterocycles. The smallest absolute Gasteiger partial charge is 0.224 e. The highest BCUT2D eigenvalue weighted by Gasteiger charge is 2.04. The third-order valence-corrected chi connectivity index (χ3v) is 2.79. The van der Waals surface area contributed by atoms with Gasteiger partial charge in [0, 0.05) is 31.5 Å². The number of amides is 2.